The van der Waals surface area contributed by atoms with Gasteiger partial charge < -0.3 is 4.98 Å². The highest BCUT2D eigenvalue weighted by atomic mass is 16.6. The molecule has 2 aromatic carbocycles. The SMILES string of the molecule is O=[N+]([O-])c1ccc(N=Nc2c[nH]c3ccccc23)cc1. The second-order valence-electron chi connectivity index (χ2n) is 4.19. The van der Waals surface area contributed by atoms with Gasteiger partial charge in [-0.15, -0.1) is 5.11 Å². The summed E-state index contributed by atoms with van der Waals surface area (Å²) in [4.78, 5) is 13.2. The van der Waals surface area contributed by atoms with Crippen LogP contribution in [0, 0.1) is 10.1 Å². The van der Waals surface area contributed by atoms with Crippen LogP contribution in [0.5, 0.6) is 0 Å². The Morgan fingerprint density at radius 1 is 1.00 bits per heavy atom. The van der Waals surface area contributed by atoms with Crippen molar-refractivity contribution in [3.63, 3.8) is 0 Å². The van der Waals surface area contributed by atoms with Crippen LogP contribution in [-0.4, -0.2) is 9.91 Å². The van der Waals surface area contributed by atoms with E-state index in [1.54, 1.807) is 18.3 Å². The van der Waals surface area contributed by atoms with Crippen LogP contribution in [-0.2, 0) is 0 Å². The number of non-ortho nitro benzene ring substituents is 1. The summed E-state index contributed by atoms with van der Waals surface area (Å²) in [6.45, 7) is 0. The Morgan fingerprint density at radius 3 is 2.50 bits per heavy atom. The molecule has 0 spiro atoms. The van der Waals surface area contributed by atoms with Crippen molar-refractivity contribution in [2.24, 2.45) is 10.2 Å². The van der Waals surface area contributed by atoms with E-state index in [2.05, 4.69) is 15.2 Å². The molecule has 98 valence electrons. The number of hydrogen-bond donors (Lipinski definition) is 1. The lowest BCUT2D eigenvalue weighted by atomic mass is 10.2. The third kappa shape index (κ3) is 2.26. The lowest BCUT2D eigenvalue weighted by Gasteiger charge is -1.93. The van der Waals surface area contributed by atoms with Gasteiger partial charge in [-0.3, -0.25) is 10.1 Å². The number of hydrogen-bond acceptors (Lipinski definition) is 4. The molecule has 0 radical (unpaired) electrons. The minimum Gasteiger partial charge on any atom is -0.359 e. The van der Waals surface area contributed by atoms with Crippen molar-refractivity contribution in [3.05, 3.63) is 64.8 Å². The van der Waals surface area contributed by atoms with E-state index in [1.165, 1.54) is 12.1 Å². The highest BCUT2D eigenvalue weighted by Gasteiger charge is 2.04. The first-order valence-electron chi connectivity index (χ1n) is 5.96. The summed E-state index contributed by atoms with van der Waals surface area (Å²) in [5, 5.41) is 19.8. The van der Waals surface area contributed by atoms with Crippen LogP contribution in [0.3, 0.4) is 0 Å². The zero-order chi connectivity index (χ0) is 13.9. The molecule has 1 heterocycles. The molecule has 0 saturated carbocycles. The van der Waals surface area contributed by atoms with E-state index >= 15 is 0 Å². The standard InChI is InChI=1S/C14H10N4O2/c19-18(20)11-7-5-10(6-8-11)16-17-14-9-15-13-4-2-1-3-12(13)14/h1-9,15H. The maximum atomic E-state index is 10.6. The van der Waals surface area contributed by atoms with Crippen LogP contribution in [0.2, 0.25) is 0 Å². The maximum absolute atomic E-state index is 10.6. The van der Waals surface area contributed by atoms with Crippen LogP contribution in [0.15, 0.2) is 65.0 Å². The fourth-order valence-electron chi connectivity index (χ4n) is 1.89. The Bertz CT molecular complexity index is 790. The number of rotatable bonds is 3. The van der Waals surface area contributed by atoms with Gasteiger partial charge in [0.2, 0.25) is 0 Å². The number of nitro groups is 1. The topological polar surface area (TPSA) is 83.7 Å². The van der Waals surface area contributed by atoms with Gasteiger partial charge in [0, 0.05) is 29.2 Å². The summed E-state index contributed by atoms with van der Waals surface area (Å²) >= 11 is 0. The zero-order valence-electron chi connectivity index (χ0n) is 10.4. The number of aromatic nitrogens is 1. The molecule has 0 amide bonds. The lowest BCUT2D eigenvalue weighted by Crippen LogP contribution is -1.85. The number of benzene rings is 2. The fourth-order valence-corrected chi connectivity index (χ4v) is 1.89. The molecule has 0 unspecified atom stereocenters. The largest absolute Gasteiger partial charge is 0.359 e. The van der Waals surface area contributed by atoms with Crippen molar-refractivity contribution in [2.75, 3.05) is 0 Å². The van der Waals surface area contributed by atoms with Gasteiger partial charge in [-0.2, -0.15) is 5.11 Å². The van der Waals surface area contributed by atoms with E-state index in [4.69, 9.17) is 0 Å². The second-order valence-corrected chi connectivity index (χ2v) is 4.19. The summed E-state index contributed by atoms with van der Waals surface area (Å²) in [5.41, 5.74) is 2.33. The highest BCUT2D eigenvalue weighted by Crippen LogP contribution is 2.27. The second kappa shape index (κ2) is 4.93. The molecule has 0 aliphatic rings. The predicted octanol–water partition coefficient (Wildman–Crippen LogP) is 4.49. The number of para-hydroxylation sites is 1. The molecule has 0 saturated heterocycles. The Hall–Kier alpha value is -3.02. The first-order valence-corrected chi connectivity index (χ1v) is 5.96. The molecule has 1 aromatic heterocycles. The van der Waals surface area contributed by atoms with E-state index in [0.29, 0.717) is 5.69 Å². The van der Waals surface area contributed by atoms with Gasteiger partial charge in [-0.25, -0.2) is 0 Å². The predicted molar refractivity (Wildman–Crippen MR) is 75.6 cm³/mol. The van der Waals surface area contributed by atoms with Crippen LogP contribution in [0.4, 0.5) is 17.1 Å². The van der Waals surface area contributed by atoms with Gasteiger partial charge in [0.1, 0.15) is 5.69 Å². The molecule has 1 N–H and O–H groups in total. The number of nitro benzene ring substituents is 1. The first kappa shape index (κ1) is 12.0. The molecule has 0 bridgehead atoms. The Kier molecular flexibility index (Phi) is 2.96. The molecular weight excluding hydrogens is 256 g/mol. The van der Waals surface area contributed by atoms with Gasteiger partial charge in [-0.1, -0.05) is 18.2 Å². The number of H-pyrrole nitrogens is 1. The minimum atomic E-state index is -0.444. The summed E-state index contributed by atoms with van der Waals surface area (Å²) in [7, 11) is 0. The van der Waals surface area contributed by atoms with Crippen molar-refractivity contribution in [2.45, 2.75) is 0 Å². The number of aromatic amines is 1. The lowest BCUT2D eigenvalue weighted by molar-refractivity contribution is -0.384. The average Bonchev–Trinajstić information content (AvgIpc) is 2.89. The smallest absolute Gasteiger partial charge is 0.269 e. The molecule has 3 aromatic rings. The highest BCUT2D eigenvalue weighted by molar-refractivity contribution is 5.90. The molecule has 0 aliphatic carbocycles. The molecular formula is C14H10N4O2. The molecule has 0 fully saturated rings. The van der Waals surface area contributed by atoms with Crippen molar-refractivity contribution in [3.8, 4) is 0 Å². The van der Waals surface area contributed by atoms with Crippen LogP contribution < -0.4 is 0 Å². The normalized spacial score (nSPS) is 11.2. The van der Waals surface area contributed by atoms with Crippen molar-refractivity contribution < 1.29 is 4.92 Å². The van der Waals surface area contributed by atoms with Gasteiger partial charge in [0.05, 0.1) is 10.6 Å². The van der Waals surface area contributed by atoms with E-state index < -0.39 is 4.92 Å². The summed E-state index contributed by atoms with van der Waals surface area (Å²) in [6, 6.07) is 13.7. The van der Waals surface area contributed by atoms with Crippen LogP contribution >= 0.6 is 0 Å². The average molecular weight is 266 g/mol. The fraction of sp³-hybridized carbons (Fsp3) is 0. The number of fused-ring (bicyclic) bond motifs is 1. The third-order valence-electron chi connectivity index (χ3n) is 2.90. The van der Waals surface area contributed by atoms with E-state index in [-0.39, 0.29) is 5.69 Å². The van der Waals surface area contributed by atoms with Crippen molar-refractivity contribution >= 4 is 28.0 Å². The first-order chi connectivity index (χ1) is 9.74. The summed E-state index contributed by atoms with van der Waals surface area (Å²) in [6.07, 6.45) is 1.78. The quantitative estimate of drug-likeness (QED) is 0.430. The molecule has 0 atom stereocenters. The number of nitrogens with one attached hydrogen (secondary N) is 1. The summed E-state index contributed by atoms with van der Waals surface area (Å²) < 4.78 is 0. The zero-order valence-corrected chi connectivity index (χ0v) is 10.4. The molecule has 6 heteroatoms. The van der Waals surface area contributed by atoms with Gasteiger partial charge in [-0.05, 0) is 18.2 Å². The Labute approximate surface area is 113 Å². The number of nitrogens with zero attached hydrogens (tertiary/aromatic N) is 3. The van der Waals surface area contributed by atoms with E-state index in [9.17, 15) is 10.1 Å². The van der Waals surface area contributed by atoms with Gasteiger partial charge in [0.25, 0.3) is 5.69 Å². The molecule has 20 heavy (non-hydrogen) atoms. The molecule has 0 aliphatic heterocycles. The van der Waals surface area contributed by atoms with Crippen LogP contribution in [0.25, 0.3) is 10.9 Å². The Morgan fingerprint density at radius 2 is 1.75 bits per heavy atom. The van der Waals surface area contributed by atoms with Gasteiger partial charge in [0.15, 0.2) is 0 Å². The molecule has 6 nitrogen and oxygen atoms in total. The monoisotopic (exact) mass is 266 g/mol. The third-order valence-corrected chi connectivity index (χ3v) is 2.90. The van der Waals surface area contributed by atoms with Crippen molar-refractivity contribution in [1.82, 2.24) is 4.98 Å². The Balaban J connectivity index is 1.88. The van der Waals surface area contributed by atoms with Crippen molar-refractivity contribution in [1.29, 1.82) is 0 Å². The van der Waals surface area contributed by atoms with E-state index in [1.807, 2.05) is 24.3 Å². The molecule has 3 rings (SSSR count). The minimum absolute atomic E-state index is 0.0380. The number of azo groups is 1. The summed E-state index contributed by atoms with van der Waals surface area (Å²) in [5.74, 6) is 0. The van der Waals surface area contributed by atoms with E-state index in [0.717, 1.165) is 16.6 Å². The van der Waals surface area contributed by atoms with Crippen LogP contribution in [0.1, 0.15) is 0 Å². The maximum Gasteiger partial charge on any atom is 0.269 e. The van der Waals surface area contributed by atoms with Gasteiger partial charge >= 0.3 is 0 Å².